The Morgan fingerprint density at radius 1 is 1.44 bits per heavy atom. The van der Waals surface area contributed by atoms with Gasteiger partial charge in [0.1, 0.15) is 5.82 Å². The number of aliphatic hydroxyl groups is 1. The van der Waals surface area contributed by atoms with E-state index in [1.54, 1.807) is 16.9 Å². The third kappa shape index (κ3) is 2.76. The molecule has 18 heavy (non-hydrogen) atoms. The SMILES string of the molecule is Cc1cc(Br)c(F)cc1-n1cc(CCCO)nn1. The molecule has 0 bridgehead atoms. The molecule has 0 aliphatic carbocycles. The van der Waals surface area contributed by atoms with Crippen LogP contribution in [0.5, 0.6) is 0 Å². The quantitative estimate of drug-likeness (QED) is 0.943. The Morgan fingerprint density at radius 2 is 2.22 bits per heavy atom. The van der Waals surface area contributed by atoms with Gasteiger partial charge in [-0.1, -0.05) is 5.21 Å². The van der Waals surface area contributed by atoms with Crippen LogP contribution in [0.4, 0.5) is 4.39 Å². The third-order valence-corrected chi connectivity index (χ3v) is 3.23. The van der Waals surface area contributed by atoms with Gasteiger partial charge in [-0.25, -0.2) is 9.07 Å². The van der Waals surface area contributed by atoms with Gasteiger partial charge >= 0.3 is 0 Å². The first-order valence-corrected chi connectivity index (χ1v) is 6.39. The Hall–Kier alpha value is -1.27. The molecule has 0 aliphatic heterocycles. The molecule has 6 heteroatoms. The molecule has 0 amide bonds. The van der Waals surface area contributed by atoms with E-state index in [1.807, 2.05) is 6.92 Å². The Morgan fingerprint density at radius 3 is 2.94 bits per heavy atom. The van der Waals surface area contributed by atoms with E-state index in [1.165, 1.54) is 6.07 Å². The van der Waals surface area contributed by atoms with Crippen LogP contribution >= 0.6 is 15.9 Å². The zero-order chi connectivity index (χ0) is 13.1. The summed E-state index contributed by atoms with van der Waals surface area (Å²) in [6.45, 7) is 2.01. The summed E-state index contributed by atoms with van der Waals surface area (Å²) in [7, 11) is 0. The van der Waals surface area contributed by atoms with Crippen molar-refractivity contribution in [3.05, 3.63) is 39.9 Å². The second-order valence-electron chi connectivity index (χ2n) is 4.03. The van der Waals surface area contributed by atoms with E-state index in [9.17, 15) is 4.39 Å². The van der Waals surface area contributed by atoms with Crippen LogP contribution in [0, 0.1) is 12.7 Å². The maximum absolute atomic E-state index is 13.5. The Labute approximate surface area is 113 Å². The van der Waals surface area contributed by atoms with Gasteiger partial charge in [-0.05, 0) is 47.3 Å². The molecule has 0 unspecified atom stereocenters. The molecule has 0 aliphatic rings. The van der Waals surface area contributed by atoms with E-state index in [4.69, 9.17) is 5.11 Å². The van der Waals surface area contributed by atoms with Crippen molar-refractivity contribution in [2.24, 2.45) is 0 Å². The summed E-state index contributed by atoms with van der Waals surface area (Å²) in [5.74, 6) is -0.331. The highest BCUT2D eigenvalue weighted by atomic mass is 79.9. The third-order valence-electron chi connectivity index (χ3n) is 2.62. The molecule has 1 aromatic heterocycles. The van der Waals surface area contributed by atoms with Crippen LogP contribution in [0.3, 0.4) is 0 Å². The molecule has 0 radical (unpaired) electrons. The van der Waals surface area contributed by atoms with E-state index >= 15 is 0 Å². The second-order valence-corrected chi connectivity index (χ2v) is 4.89. The van der Waals surface area contributed by atoms with Crippen LogP contribution in [0.1, 0.15) is 17.7 Å². The predicted octanol–water partition coefficient (Wildman–Crippen LogP) is 2.40. The molecule has 0 saturated heterocycles. The lowest BCUT2D eigenvalue weighted by atomic mass is 10.2. The van der Waals surface area contributed by atoms with Crippen molar-refractivity contribution in [1.82, 2.24) is 15.0 Å². The molecule has 96 valence electrons. The van der Waals surface area contributed by atoms with Gasteiger partial charge in [0.15, 0.2) is 0 Å². The van der Waals surface area contributed by atoms with Crippen molar-refractivity contribution in [3.63, 3.8) is 0 Å². The number of nitrogens with zero attached hydrogens (tertiary/aromatic N) is 3. The Bertz CT molecular complexity index is 556. The molecule has 0 fully saturated rings. The number of aliphatic hydroxyl groups excluding tert-OH is 1. The summed E-state index contributed by atoms with van der Waals surface area (Å²) in [6, 6.07) is 3.13. The maximum Gasteiger partial charge on any atom is 0.139 e. The van der Waals surface area contributed by atoms with E-state index < -0.39 is 0 Å². The Balaban J connectivity index is 2.31. The summed E-state index contributed by atoms with van der Waals surface area (Å²) in [4.78, 5) is 0. The summed E-state index contributed by atoms with van der Waals surface area (Å²) in [5.41, 5.74) is 2.35. The topological polar surface area (TPSA) is 50.9 Å². The second kappa shape index (κ2) is 5.58. The molecule has 1 heterocycles. The molecule has 1 aromatic carbocycles. The van der Waals surface area contributed by atoms with E-state index in [2.05, 4.69) is 26.2 Å². The zero-order valence-corrected chi connectivity index (χ0v) is 11.5. The zero-order valence-electron chi connectivity index (χ0n) is 9.90. The van der Waals surface area contributed by atoms with Gasteiger partial charge in [-0.3, -0.25) is 0 Å². The first-order chi connectivity index (χ1) is 8.61. The number of aromatic nitrogens is 3. The van der Waals surface area contributed by atoms with E-state index in [0.717, 1.165) is 11.3 Å². The van der Waals surface area contributed by atoms with Crippen LogP contribution in [-0.2, 0) is 6.42 Å². The molecule has 2 aromatic rings. The summed E-state index contributed by atoms with van der Waals surface area (Å²) >= 11 is 3.14. The van der Waals surface area contributed by atoms with E-state index in [0.29, 0.717) is 23.0 Å². The van der Waals surface area contributed by atoms with Crippen LogP contribution in [0.15, 0.2) is 22.8 Å². The average Bonchev–Trinajstić information content (AvgIpc) is 2.79. The van der Waals surface area contributed by atoms with Gasteiger partial charge in [0, 0.05) is 12.7 Å². The number of benzene rings is 1. The monoisotopic (exact) mass is 313 g/mol. The van der Waals surface area contributed by atoms with Crippen molar-refractivity contribution in [3.8, 4) is 5.69 Å². The molecular weight excluding hydrogens is 301 g/mol. The average molecular weight is 314 g/mol. The van der Waals surface area contributed by atoms with Crippen LogP contribution in [0.2, 0.25) is 0 Å². The van der Waals surface area contributed by atoms with Crippen LogP contribution in [-0.4, -0.2) is 26.7 Å². The smallest absolute Gasteiger partial charge is 0.139 e. The molecule has 2 rings (SSSR count). The fourth-order valence-corrected chi connectivity index (χ4v) is 2.13. The normalized spacial score (nSPS) is 10.9. The largest absolute Gasteiger partial charge is 0.396 e. The standard InChI is InChI=1S/C12H13BrFN3O/c1-8-5-10(13)11(14)6-12(8)17-7-9(15-16-17)3-2-4-18/h5-7,18H,2-4H2,1H3. The van der Waals surface area contributed by atoms with Crippen molar-refractivity contribution < 1.29 is 9.50 Å². The number of hydrogen-bond donors (Lipinski definition) is 1. The van der Waals surface area contributed by atoms with Gasteiger partial charge in [-0.15, -0.1) is 5.10 Å². The lowest BCUT2D eigenvalue weighted by Crippen LogP contribution is -1.99. The molecule has 0 saturated carbocycles. The lowest BCUT2D eigenvalue weighted by Gasteiger charge is -2.06. The number of halogens is 2. The number of hydrogen-bond acceptors (Lipinski definition) is 3. The maximum atomic E-state index is 13.5. The number of aryl methyl sites for hydroxylation is 2. The first kappa shape index (κ1) is 13.2. The van der Waals surface area contributed by atoms with Gasteiger partial charge in [0.05, 0.1) is 22.1 Å². The Kier molecular flexibility index (Phi) is 4.08. The number of rotatable bonds is 4. The summed E-state index contributed by atoms with van der Waals surface area (Å²) in [6.07, 6.45) is 3.06. The minimum absolute atomic E-state index is 0.124. The first-order valence-electron chi connectivity index (χ1n) is 5.60. The van der Waals surface area contributed by atoms with Gasteiger partial charge in [-0.2, -0.15) is 0 Å². The highest BCUT2D eigenvalue weighted by Crippen LogP contribution is 2.22. The highest BCUT2D eigenvalue weighted by Gasteiger charge is 2.09. The van der Waals surface area contributed by atoms with Gasteiger partial charge in [0.2, 0.25) is 0 Å². The highest BCUT2D eigenvalue weighted by molar-refractivity contribution is 9.10. The molecular formula is C12H13BrFN3O. The van der Waals surface area contributed by atoms with Crippen molar-refractivity contribution in [2.75, 3.05) is 6.61 Å². The molecule has 0 atom stereocenters. The fraction of sp³-hybridized carbons (Fsp3) is 0.333. The van der Waals surface area contributed by atoms with E-state index in [-0.39, 0.29) is 12.4 Å². The molecule has 0 spiro atoms. The minimum Gasteiger partial charge on any atom is -0.396 e. The summed E-state index contributed by atoms with van der Waals surface area (Å²) in [5, 5.41) is 16.7. The van der Waals surface area contributed by atoms with Gasteiger partial charge in [0.25, 0.3) is 0 Å². The van der Waals surface area contributed by atoms with Crippen LogP contribution in [0.25, 0.3) is 5.69 Å². The minimum atomic E-state index is -0.331. The van der Waals surface area contributed by atoms with Crippen LogP contribution < -0.4 is 0 Å². The predicted molar refractivity (Wildman–Crippen MR) is 69.2 cm³/mol. The molecule has 1 N–H and O–H groups in total. The van der Waals surface area contributed by atoms with Crippen molar-refractivity contribution >= 4 is 15.9 Å². The summed E-state index contributed by atoms with van der Waals surface area (Å²) < 4.78 is 15.5. The molecule has 4 nitrogen and oxygen atoms in total. The van der Waals surface area contributed by atoms with Gasteiger partial charge < -0.3 is 5.11 Å². The van der Waals surface area contributed by atoms with Crippen molar-refractivity contribution in [1.29, 1.82) is 0 Å². The fourth-order valence-electron chi connectivity index (χ4n) is 1.67. The van der Waals surface area contributed by atoms with Crippen molar-refractivity contribution in [2.45, 2.75) is 19.8 Å². The lowest BCUT2D eigenvalue weighted by molar-refractivity contribution is 0.288.